The molecule has 0 aliphatic rings. The van der Waals surface area contributed by atoms with Crippen LogP contribution in [0, 0.1) is 18.3 Å². The Morgan fingerprint density at radius 3 is 2.58 bits per heavy atom. The van der Waals surface area contributed by atoms with Crippen molar-refractivity contribution in [2.75, 3.05) is 12.4 Å². The van der Waals surface area contributed by atoms with Crippen LogP contribution in [0.3, 0.4) is 0 Å². The van der Waals surface area contributed by atoms with E-state index >= 15 is 0 Å². The summed E-state index contributed by atoms with van der Waals surface area (Å²) in [5, 5.41) is 12.3. The van der Waals surface area contributed by atoms with Crippen LogP contribution in [0.4, 0.5) is 5.69 Å². The quantitative estimate of drug-likeness (QED) is 0.340. The average molecular weight is 477 g/mol. The summed E-state index contributed by atoms with van der Waals surface area (Å²) in [6.45, 7) is 2.31. The van der Waals surface area contributed by atoms with E-state index in [4.69, 9.17) is 9.47 Å². The molecule has 0 fully saturated rings. The lowest BCUT2D eigenvalue weighted by Crippen LogP contribution is -2.13. The number of rotatable bonds is 7. The Morgan fingerprint density at radius 2 is 1.90 bits per heavy atom. The van der Waals surface area contributed by atoms with Crippen LogP contribution in [-0.2, 0) is 11.4 Å². The minimum Gasteiger partial charge on any atom is -0.493 e. The van der Waals surface area contributed by atoms with Gasteiger partial charge in [-0.05, 0) is 69.9 Å². The van der Waals surface area contributed by atoms with Crippen molar-refractivity contribution in [2.24, 2.45) is 0 Å². The molecule has 0 aromatic heterocycles. The van der Waals surface area contributed by atoms with E-state index in [-0.39, 0.29) is 5.57 Å². The highest BCUT2D eigenvalue weighted by Gasteiger charge is 2.14. The number of carbonyl (C=O) groups excluding carboxylic acids is 1. The molecule has 0 saturated heterocycles. The molecule has 3 aromatic rings. The Kier molecular flexibility index (Phi) is 7.47. The summed E-state index contributed by atoms with van der Waals surface area (Å²) >= 11 is 3.51. The first-order valence-electron chi connectivity index (χ1n) is 9.54. The number of nitriles is 1. The van der Waals surface area contributed by atoms with E-state index in [1.54, 1.807) is 25.3 Å². The number of hydrogen-bond donors (Lipinski definition) is 1. The SMILES string of the molecule is COc1cc(/C=C(/C#N)C(=O)Nc2cccc(C)c2)cc(Br)c1OCc1ccccc1. The number of benzene rings is 3. The van der Waals surface area contributed by atoms with Crippen molar-refractivity contribution < 1.29 is 14.3 Å². The molecule has 31 heavy (non-hydrogen) atoms. The van der Waals surface area contributed by atoms with Gasteiger partial charge in [0, 0.05) is 5.69 Å². The van der Waals surface area contributed by atoms with Crippen LogP contribution in [0.15, 0.2) is 76.8 Å². The van der Waals surface area contributed by atoms with Gasteiger partial charge in [0.1, 0.15) is 18.2 Å². The molecule has 3 rings (SSSR count). The van der Waals surface area contributed by atoms with Crippen LogP contribution in [0.1, 0.15) is 16.7 Å². The van der Waals surface area contributed by atoms with E-state index in [1.165, 1.54) is 6.08 Å². The van der Waals surface area contributed by atoms with Gasteiger partial charge in [0.15, 0.2) is 11.5 Å². The second kappa shape index (κ2) is 10.5. The Balaban J connectivity index is 1.82. The minimum atomic E-state index is -0.479. The van der Waals surface area contributed by atoms with Gasteiger partial charge in [0.2, 0.25) is 0 Å². The molecule has 0 aliphatic heterocycles. The number of nitrogens with one attached hydrogen (secondary N) is 1. The molecule has 0 bridgehead atoms. The van der Waals surface area contributed by atoms with Gasteiger partial charge < -0.3 is 14.8 Å². The van der Waals surface area contributed by atoms with E-state index in [0.717, 1.165) is 11.1 Å². The summed E-state index contributed by atoms with van der Waals surface area (Å²) in [7, 11) is 1.54. The molecule has 156 valence electrons. The number of nitrogens with zero attached hydrogens (tertiary/aromatic N) is 1. The summed E-state index contributed by atoms with van der Waals surface area (Å²) in [4.78, 5) is 12.6. The lowest BCUT2D eigenvalue weighted by Gasteiger charge is -2.14. The molecular formula is C25H21BrN2O3. The van der Waals surface area contributed by atoms with Crippen molar-refractivity contribution >= 4 is 33.6 Å². The predicted octanol–water partition coefficient (Wildman–Crippen LogP) is 5.89. The maximum Gasteiger partial charge on any atom is 0.266 e. The zero-order valence-corrected chi connectivity index (χ0v) is 18.8. The number of carbonyl (C=O) groups is 1. The molecule has 1 amide bonds. The van der Waals surface area contributed by atoms with Gasteiger partial charge in [0.05, 0.1) is 11.6 Å². The molecule has 0 heterocycles. The highest BCUT2D eigenvalue weighted by molar-refractivity contribution is 9.10. The Morgan fingerprint density at radius 1 is 1.13 bits per heavy atom. The highest BCUT2D eigenvalue weighted by atomic mass is 79.9. The van der Waals surface area contributed by atoms with Crippen LogP contribution >= 0.6 is 15.9 Å². The summed E-state index contributed by atoms with van der Waals surface area (Å²) in [6.07, 6.45) is 1.51. The first kappa shape index (κ1) is 22.1. The minimum absolute atomic E-state index is 0.0200. The van der Waals surface area contributed by atoms with E-state index in [1.807, 2.05) is 61.5 Å². The number of amides is 1. The van der Waals surface area contributed by atoms with Crippen molar-refractivity contribution in [3.63, 3.8) is 0 Å². The first-order chi connectivity index (χ1) is 15.0. The zero-order valence-electron chi connectivity index (χ0n) is 17.2. The van der Waals surface area contributed by atoms with Gasteiger partial charge >= 0.3 is 0 Å². The van der Waals surface area contributed by atoms with Gasteiger partial charge in [-0.1, -0.05) is 42.5 Å². The number of aryl methyl sites for hydroxylation is 1. The Labute approximate surface area is 190 Å². The standard InChI is InChI=1S/C25H21BrN2O3/c1-17-7-6-10-21(11-17)28-25(29)20(15-27)12-19-13-22(26)24(23(14-19)30-2)31-16-18-8-4-3-5-9-18/h3-14H,16H2,1-2H3,(H,28,29)/b20-12-. The number of hydrogen-bond acceptors (Lipinski definition) is 4. The molecule has 0 spiro atoms. The number of methoxy groups -OCH3 is 1. The van der Waals surface area contributed by atoms with Crippen LogP contribution in [-0.4, -0.2) is 13.0 Å². The molecule has 0 atom stereocenters. The maximum absolute atomic E-state index is 12.6. The van der Waals surface area contributed by atoms with Crippen LogP contribution in [0.25, 0.3) is 6.08 Å². The average Bonchev–Trinajstić information content (AvgIpc) is 2.77. The molecule has 0 radical (unpaired) electrons. The lowest BCUT2D eigenvalue weighted by atomic mass is 10.1. The van der Waals surface area contributed by atoms with E-state index in [0.29, 0.717) is 33.8 Å². The van der Waals surface area contributed by atoms with Crippen molar-refractivity contribution in [1.82, 2.24) is 0 Å². The third-order valence-corrected chi connectivity index (χ3v) is 5.02. The van der Waals surface area contributed by atoms with Gasteiger partial charge in [-0.2, -0.15) is 5.26 Å². The number of anilines is 1. The highest BCUT2D eigenvalue weighted by Crippen LogP contribution is 2.37. The monoisotopic (exact) mass is 476 g/mol. The molecule has 5 nitrogen and oxygen atoms in total. The summed E-state index contributed by atoms with van der Waals surface area (Å²) in [5.74, 6) is 0.562. The summed E-state index contributed by atoms with van der Waals surface area (Å²) < 4.78 is 12.1. The van der Waals surface area contributed by atoms with E-state index < -0.39 is 5.91 Å². The maximum atomic E-state index is 12.6. The fraction of sp³-hybridized carbons (Fsp3) is 0.120. The topological polar surface area (TPSA) is 71.3 Å². The molecule has 0 saturated carbocycles. The fourth-order valence-corrected chi connectivity index (χ4v) is 3.50. The van der Waals surface area contributed by atoms with E-state index in [2.05, 4.69) is 21.2 Å². The zero-order chi connectivity index (χ0) is 22.2. The molecule has 0 aliphatic carbocycles. The van der Waals surface area contributed by atoms with Crippen molar-refractivity contribution in [3.05, 3.63) is 93.5 Å². The van der Waals surface area contributed by atoms with Crippen molar-refractivity contribution in [1.29, 1.82) is 5.26 Å². The predicted molar refractivity (Wildman–Crippen MR) is 125 cm³/mol. The van der Waals surface area contributed by atoms with Gasteiger partial charge in [-0.25, -0.2) is 0 Å². The van der Waals surface area contributed by atoms with Crippen LogP contribution in [0.5, 0.6) is 11.5 Å². The fourth-order valence-electron chi connectivity index (χ4n) is 2.93. The third-order valence-electron chi connectivity index (χ3n) is 4.43. The number of halogens is 1. The molecular weight excluding hydrogens is 456 g/mol. The van der Waals surface area contributed by atoms with Crippen molar-refractivity contribution in [3.8, 4) is 17.6 Å². The van der Waals surface area contributed by atoms with Crippen LogP contribution < -0.4 is 14.8 Å². The second-order valence-electron chi connectivity index (χ2n) is 6.80. The molecule has 3 aromatic carbocycles. The summed E-state index contributed by atoms with van der Waals surface area (Å²) in [6, 6.07) is 22.7. The van der Waals surface area contributed by atoms with E-state index in [9.17, 15) is 10.1 Å². The smallest absolute Gasteiger partial charge is 0.266 e. The normalized spacial score (nSPS) is 10.8. The van der Waals surface area contributed by atoms with Gasteiger partial charge in [0.25, 0.3) is 5.91 Å². The Hall–Kier alpha value is -3.56. The summed E-state index contributed by atoms with van der Waals surface area (Å²) in [5.41, 5.74) is 3.29. The lowest BCUT2D eigenvalue weighted by molar-refractivity contribution is -0.112. The molecule has 1 N–H and O–H groups in total. The number of ether oxygens (including phenoxy) is 2. The largest absolute Gasteiger partial charge is 0.493 e. The van der Waals surface area contributed by atoms with Crippen molar-refractivity contribution in [2.45, 2.75) is 13.5 Å². The third kappa shape index (κ3) is 5.97. The Bertz CT molecular complexity index is 1150. The van der Waals surface area contributed by atoms with Crippen LogP contribution in [0.2, 0.25) is 0 Å². The second-order valence-corrected chi connectivity index (χ2v) is 7.66. The molecule has 6 heteroatoms. The van der Waals surface area contributed by atoms with Gasteiger partial charge in [-0.15, -0.1) is 0 Å². The first-order valence-corrected chi connectivity index (χ1v) is 10.3. The molecule has 0 unspecified atom stereocenters. The van der Waals surface area contributed by atoms with Gasteiger partial charge in [-0.3, -0.25) is 4.79 Å².